The molecule has 0 aliphatic carbocycles. The molecule has 1 aliphatic heterocycles. The summed E-state index contributed by atoms with van der Waals surface area (Å²) < 4.78 is 104. The van der Waals surface area contributed by atoms with Crippen molar-refractivity contribution in [1.29, 1.82) is 0 Å². The van der Waals surface area contributed by atoms with Crippen molar-refractivity contribution in [1.82, 2.24) is 5.32 Å². The zero-order chi connectivity index (χ0) is 28.5. The molecule has 0 saturated heterocycles. The van der Waals surface area contributed by atoms with E-state index in [1.807, 2.05) is 0 Å². The summed E-state index contributed by atoms with van der Waals surface area (Å²) in [4.78, 5) is 23.3. The summed E-state index contributed by atoms with van der Waals surface area (Å²) in [5.74, 6) is -1.38. The van der Waals surface area contributed by atoms with Crippen LogP contribution in [0.1, 0.15) is 20.8 Å². The van der Waals surface area contributed by atoms with Crippen molar-refractivity contribution >= 4 is 33.4 Å². The van der Waals surface area contributed by atoms with Gasteiger partial charge in [-0.3, -0.25) is 14.4 Å². The van der Waals surface area contributed by atoms with E-state index in [4.69, 9.17) is 4.74 Å². The number of halogens is 5. The largest absolute Gasteiger partial charge is 0.484 e. The highest BCUT2D eigenvalue weighted by atomic mass is 32.2. The topological polar surface area (TPSA) is 114 Å². The van der Waals surface area contributed by atoms with E-state index in [0.29, 0.717) is 13.8 Å². The number of benzene rings is 2. The lowest BCUT2D eigenvalue weighted by molar-refractivity contribution is -0.242. The monoisotopic (exact) mass is 565 g/mol. The van der Waals surface area contributed by atoms with Crippen LogP contribution in [0.4, 0.5) is 38.1 Å². The molecule has 0 spiro atoms. The van der Waals surface area contributed by atoms with Crippen molar-refractivity contribution in [3.63, 3.8) is 0 Å². The molecule has 1 heterocycles. The number of ether oxygens (including phenoxy) is 2. The van der Waals surface area contributed by atoms with Gasteiger partial charge in [0.05, 0.1) is 23.2 Å². The van der Waals surface area contributed by atoms with Crippen LogP contribution in [0.2, 0.25) is 0 Å². The van der Waals surface area contributed by atoms with E-state index >= 15 is 0 Å². The van der Waals surface area contributed by atoms with Crippen LogP contribution in [0.5, 0.6) is 5.75 Å². The molecule has 208 valence electrons. The molecule has 2 atom stereocenters. The van der Waals surface area contributed by atoms with E-state index in [9.17, 15) is 40.0 Å². The van der Waals surface area contributed by atoms with E-state index in [-0.39, 0.29) is 22.0 Å². The number of fused-ring (bicyclic) bond motifs is 1. The Kier molecular flexibility index (Phi) is 8.10. The molecule has 0 unspecified atom stereocenters. The fourth-order valence-corrected chi connectivity index (χ4v) is 4.93. The van der Waals surface area contributed by atoms with Gasteiger partial charge in [-0.25, -0.2) is 22.0 Å². The van der Waals surface area contributed by atoms with Crippen LogP contribution in [0.25, 0.3) is 0 Å². The zero-order valence-electron chi connectivity index (χ0n) is 20.3. The number of hydrogen-bond acceptors (Lipinski definition) is 6. The third-order valence-electron chi connectivity index (χ3n) is 5.53. The maximum atomic E-state index is 13.8. The third-order valence-corrected chi connectivity index (χ3v) is 7.33. The van der Waals surface area contributed by atoms with E-state index < -0.39 is 65.0 Å². The molecule has 2 N–H and O–H groups in total. The molecule has 0 fully saturated rings. The van der Waals surface area contributed by atoms with Gasteiger partial charge >= 0.3 is 12.3 Å². The summed E-state index contributed by atoms with van der Waals surface area (Å²) in [5, 5.41) is 4.45. The number of sulfonamides is 1. The van der Waals surface area contributed by atoms with Gasteiger partial charge in [-0.2, -0.15) is 13.2 Å². The van der Waals surface area contributed by atoms with Crippen LogP contribution in [0.15, 0.2) is 47.4 Å². The molecular formula is C23H24F5N3O6S. The third kappa shape index (κ3) is 6.26. The molecule has 0 aromatic heterocycles. The summed E-state index contributed by atoms with van der Waals surface area (Å²) in [6.45, 7) is 0.853. The zero-order valence-corrected chi connectivity index (χ0v) is 21.1. The Morgan fingerprint density at radius 1 is 1.16 bits per heavy atom. The van der Waals surface area contributed by atoms with Gasteiger partial charge in [0.2, 0.25) is 11.5 Å². The lowest BCUT2D eigenvalue weighted by Gasteiger charge is -2.38. The van der Waals surface area contributed by atoms with Crippen molar-refractivity contribution in [2.75, 3.05) is 22.8 Å². The minimum atomic E-state index is -4.86. The number of anilines is 2. The van der Waals surface area contributed by atoms with Gasteiger partial charge in [-0.15, -0.1) is 0 Å². The average Bonchev–Trinajstić information content (AvgIpc) is 2.80. The molecule has 3 rings (SSSR count). The SMILES string of the molecule is CC(=O)N[C@@H](CF)[C@@H]1CN(S(=O)(=O)c2ccc(F)cc2)c2cc(NC(=O)OC(C)(C)C(F)(F)F)ccc2O1. The van der Waals surface area contributed by atoms with Gasteiger partial charge in [-0.1, -0.05) is 0 Å². The molecule has 2 aromatic rings. The Morgan fingerprint density at radius 2 is 1.79 bits per heavy atom. The molecule has 15 heteroatoms. The maximum Gasteiger partial charge on any atom is 0.427 e. The Hall–Kier alpha value is -3.62. The summed E-state index contributed by atoms with van der Waals surface area (Å²) in [6.07, 6.45) is -7.51. The predicted molar refractivity (Wildman–Crippen MR) is 126 cm³/mol. The Balaban J connectivity index is 2.00. The molecule has 1 aliphatic rings. The fourth-order valence-electron chi connectivity index (χ4n) is 3.45. The van der Waals surface area contributed by atoms with E-state index in [1.165, 1.54) is 12.1 Å². The van der Waals surface area contributed by atoms with Gasteiger partial charge in [0.15, 0.2) is 0 Å². The first-order valence-corrected chi connectivity index (χ1v) is 12.5. The minimum absolute atomic E-state index is 0.0923. The molecule has 0 radical (unpaired) electrons. The molecule has 0 bridgehead atoms. The Labute approximate surface area is 214 Å². The van der Waals surface area contributed by atoms with Crippen molar-refractivity contribution in [3.05, 3.63) is 48.3 Å². The number of alkyl halides is 4. The normalized spacial score (nSPS) is 16.6. The molecule has 9 nitrogen and oxygen atoms in total. The first-order chi connectivity index (χ1) is 17.5. The lowest BCUT2D eigenvalue weighted by Crippen LogP contribution is -2.55. The standard InChI is InChI=1S/C23H24F5N3O6S/c1-13(32)29-17(11-24)20-12-31(38(34,35)16-7-4-14(25)5-8-16)18-10-15(6-9-19(18)36-20)30-21(33)37-22(2,3)23(26,27)28/h4-10,17,20H,11-12H2,1-3H3,(H,29,32)(H,30,33)/t17-,20-/m0/s1. The molecular weight excluding hydrogens is 541 g/mol. The predicted octanol–water partition coefficient (Wildman–Crippen LogP) is 4.15. The van der Waals surface area contributed by atoms with E-state index in [2.05, 4.69) is 15.4 Å². The van der Waals surface area contributed by atoms with Crippen molar-refractivity contribution in [2.24, 2.45) is 0 Å². The van der Waals surface area contributed by atoms with Crippen molar-refractivity contribution < 1.29 is 49.4 Å². The highest BCUT2D eigenvalue weighted by Crippen LogP contribution is 2.40. The van der Waals surface area contributed by atoms with E-state index in [1.54, 1.807) is 0 Å². The number of amides is 2. The summed E-state index contributed by atoms with van der Waals surface area (Å²) in [7, 11) is -4.43. The van der Waals surface area contributed by atoms with Gasteiger partial charge in [0.1, 0.15) is 24.3 Å². The van der Waals surface area contributed by atoms with Crippen molar-refractivity contribution in [3.8, 4) is 5.75 Å². The molecule has 2 aromatic carbocycles. The molecule has 38 heavy (non-hydrogen) atoms. The number of carbonyl (C=O) groups excluding carboxylic acids is 2. The van der Waals surface area contributed by atoms with Gasteiger partial charge < -0.3 is 14.8 Å². The number of nitrogens with one attached hydrogen (secondary N) is 2. The molecule has 0 saturated carbocycles. The second-order valence-corrected chi connectivity index (χ2v) is 10.7. The fraction of sp³-hybridized carbons (Fsp3) is 0.391. The van der Waals surface area contributed by atoms with Crippen LogP contribution in [0.3, 0.4) is 0 Å². The summed E-state index contributed by atoms with van der Waals surface area (Å²) in [5.41, 5.74) is -3.11. The maximum absolute atomic E-state index is 13.8. The molecule has 2 amide bonds. The van der Waals surface area contributed by atoms with Gasteiger partial charge in [0, 0.05) is 12.6 Å². The van der Waals surface area contributed by atoms with Gasteiger partial charge in [-0.05, 0) is 56.3 Å². The quantitative estimate of drug-likeness (QED) is 0.488. The Morgan fingerprint density at radius 3 is 2.34 bits per heavy atom. The van der Waals surface area contributed by atoms with Crippen molar-refractivity contribution in [2.45, 2.75) is 49.6 Å². The first-order valence-electron chi connectivity index (χ1n) is 11.0. The van der Waals surface area contributed by atoms with Crippen LogP contribution in [-0.2, 0) is 19.6 Å². The second kappa shape index (κ2) is 10.6. The van der Waals surface area contributed by atoms with Crippen LogP contribution in [-0.4, -0.2) is 57.6 Å². The number of carbonyl (C=O) groups is 2. The first kappa shape index (κ1) is 28.9. The second-order valence-electron chi connectivity index (χ2n) is 8.81. The van der Waals surface area contributed by atoms with Gasteiger partial charge in [0.25, 0.3) is 10.0 Å². The smallest absolute Gasteiger partial charge is 0.427 e. The number of hydrogen-bond donors (Lipinski definition) is 2. The average molecular weight is 566 g/mol. The number of nitrogens with zero attached hydrogens (tertiary/aromatic N) is 1. The number of rotatable bonds is 7. The highest BCUT2D eigenvalue weighted by Gasteiger charge is 2.51. The summed E-state index contributed by atoms with van der Waals surface area (Å²) >= 11 is 0. The highest BCUT2D eigenvalue weighted by molar-refractivity contribution is 7.92. The van der Waals surface area contributed by atoms with Crippen LogP contribution < -0.4 is 19.7 Å². The minimum Gasteiger partial charge on any atom is -0.484 e. The lowest BCUT2D eigenvalue weighted by atomic mass is 10.1. The Bertz CT molecular complexity index is 1300. The van der Waals surface area contributed by atoms with Crippen LogP contribution >= 0.6 is 0 Å². The van der Waals surface area contributed by atoms with E-state index in [0.717, 1.165) is 41.6 Å². The summed E-state index contributed by atoms with van der Waals surface area (Å²) in [6, 6.07) is 6.15. The van der Waals surface area contributed by atoms with Crippen LogP contribution in [0, 0.1) is 5.82 Å².